The lowest BCUT2D eigenvalue weighted by molar-refractivity contribution is 0.102. The van der Waals surface area contributed by atoms with Crippen molar-refractivity contribution in [2.45, 2.75) is 37.6 Å². The van der Waals surface area contributed by atoms with Gasteiger partial charge in [-0.3, -0.25) is 4.79 Å². The van der Waals surface area contributed by atoms with Gasteiger partial charge in [0.15, 0.2) is 0 Å². The molecule has 0 unspecified atom stereocenters. The van der Waals surface area contributed by atoms with Crippen LogP contribution in [0.2, 0.25) is 5.02 Å². The third-order valence-electron chi connectivity index (χ3n) is 4.88. The molecule has 1 aliphatic rings. The average Bonchev–Trinajstić information content (AvgIpc) is 3.50. The van der Waals surface area contributed by atoms with Gasteiger partial charge in [-0.25, -0.2) is 17.8 Å². The summed E-state index contributed by atoms with van der Waals surface area (Å²) in [5, 5.41) is 7.76. The first-order valence-corrected chi connectivity index (χ1v) is 11.4. The monoisotopic (exact) mass is 444 g/mol. The van der Waals surface area contributed by atoms with Gasteiger partial charge in [-0.2, -0.15) is 5.10 Å². The van der Waals surface area contributed by atoms with Gasteiger partial charge < -0.3 is 5.32 Å². The summed E-state index contributed by atoms with van der Waals surface area (Å²) < 4.78 is 29.1. The van der Waals surface area contributed by atoms with Crippen molar-refractivity contribution in [2.75, 3.05) is 5.32 Å². The van der Waals surface area contributed by atoms with Gasteiger partial charge in [0.1, 0.15) is 0 Å². The predicted octanol–water partition coefficient (Wildman–Crippen LogP) is 3.84. The zero-order valence-electron chi connectivity index (χ0n) is 16.5. The molecular formula is C21H21ClN4O3S. The van der Waals surface area contributed by atoms with Crippen molar-refractivity contribution < 1.29 is 13.2 Å². The first kappa shape index (κ1) is 20.6. The molecule has 1 heterocycles. The van der Waals surface area contributed by atoms with E-state index < -0.39 is 10.0 Å². The number of benzene rings is 2. The third kappa shape index (κ3) is 4.26. The minimum atomic E-state index is -3.58. The van der Waals surface area contributed by atoms with Crippen molar-refractivity contribution in [3.63, 3.8) is 0 Å². The smallest absolute Gasteiger partial charge is 0.255 e. The summed E-state index contributed by atoms with van der Waals surface area (Å²) in [4.78, 5) is 12.7. The van der Waals surface area contributed by atoms with Crippen molar-refractivity contribution in [2.24, 2.45) is 0 Å². The summed E-state index contributed by atoms with van der Waals surface area (Å²) in [6.45, 7) is 3.71. The lowest BCUT2D eigenvalue weighted by atomic mass is 10.2. The molecule has 1 aliphatic carbocycles. The Morgan fingerprint density at radius 3 is 2.43 bits per heavy atom. The highest BCUT2D eigenvalue weighted by Gasteiger charge is 2.28. The number of nitrogens with zero attached hydrogens (tertiary/aromatic N) is 2. The number of nitrogens with one attached hydrogen (secondary N) is 2. The number of carbonyl (C=O) groups excluding carboxylic acids is 1. The van der Waals surface area contributed by atoms with E-state index in [2.05, 4.69) is 15.1 Å². The zero-order chi connectivity index (χ0) is 21.5. The second-order valence-electron chi connectivity index (χ2n) is 7.32. The summed E-state index contributed by atoms with van der Waals surface area (Å²) in [5.41, 5.74) is 3.20. The average molecular weight is 445 g/mol. The number of amides is 1. The summed E-state index contributed by atoms with van der Waals surface area (Å²) in [6, 6.07) is 13.2. The minimum Gasteiger partial charge on any atom is -0.322 e. The van der Waals surface area contributed by atoms with Crippen molar-refractivity contribution in [3.05, 3.63) is 70.5 Å². The molecule has 2 N–H and O–H groups in total. The zero-order valence-corrected chi connectivity index (χ0v) is 18.1. The molecule has 0 aliphatic heterocycles. The molecule has 0 spiro atoms. The number of aryl methyl sites for hydroxylation is 1. The molecule has 0 bridgehead atoms. The van der Waals surface area contributed by atoms with Crippen molar-refractivity contribution in [1.82, 2.24) is 14.5 Å². The molecule has 0 saturated heterocycles. The molecule has 1 amide bonds. The van der Waals surface area contributed by atoms with E-state index in [1.54, 1.807) is 41.1 Å². The normalized spacial score (nSPS) is 14.0. The van der Waals surface area contributed by atoms with Crippen LogP contribution in [0.25, 0.3) is 5.69 Å². The van der Waals surface area contributed by atoms with Gasteiger partial charge in [0.25, 0.3) is 5.91 Å². The Morgan fingerprint density at radius 2 is 1.83 bits per heavy atom. The maximum Gasteiger partial charge on any atom is 0.255 e. The van der Waals surface area contributed by atoms with E-state index in [0.29, 0.717) is 16.3 Å². The number of rotatable bonds is 6. The molecule has 2 aromatic carbocycles. The highest BCUT2D eigenvalue weighted by molar-refractivity contribution is 7.89. The molecule has 1 fully saturated rings. The standard InChI is InChI=1S/C21H21ClN4O3S/c1-13-20(22)14(2)26(24-13)18-10-6-15(7-11-18)21(27)23-17-4-3-5-19(12-17)30(28,29)25-16-8-9-16/h3-7,10-12,16,25H,8-9H2,1-2H3,(H,23,27). The van der Waals surface area contributed by atoms with Crippen LogP contribution in [0.3, 0.4) is 0 Å². The maximum atomic E-state index is 12.6. The Morgan fingerprint density at radius 1 is 1.13 bits per heavy atom. The number of hydrogen-bond donors (Lipinski definition) is 2. The van der Waals surface area contributed by atoms with Gasteiger partial charge in [-0.1, -0.05) is 17.7 Å². The van der Waals surface area contributed by atoms with Crippen molar-refractivity contribution in [1.29, 1.82) is 0 Å². The maximum absolute atomic E-state index is 12.6. The summed E-state index contributed by atoms with van der Waals surface area (Å²) in [7, 11) is -3.58. The molecule has 7 nitrogen and oxygen atoms in total. The Balaban J connectivity index is 1.50. The number of hydrogen-bond acceptors (Lipinski definition) is 4. The third-order valence-corrected chi connectivity index (χ3v) is 6.94. The van der Waals surface area contributed by atoms with Crippen LogP contribution in [-0.4, -0.2) is 30.1 Å². The molecule has 4 rings (SSSR count). The van der Waals surface area contributed by atoms with E-state index in [1.165, 1.54) is 12.1 Å². The van der Waals surface area contributed by atoms with Crippen LogP contribution in [0.1, 0.15) is 34.6 Å². The van der Waals surface area contributed by atoms with Crippen LogP contribution >= 0.6 is 11.6 Å². The van der Waals surface area contributed by atoms with Gasteiger partial charge in [-0.05, 0) is 69.2 Å². The molecule has 156 valence electrons. The van der Waals surface area contributed by atoms with Crippen LogP contribution < -0.4 is 10.0 Å². The molecule has 1 saturated carbocycles. The number of carbonyl (C=O) groups is 1. The van der Waals surface area contributed by atoms with Crippen LogP contribution in [-0.2, 0) is 10.0 Å². The molecule has 3 aromatic rings. The van der Waals surface area contributed by atoms with Gasteiger partial charge >= 0.3 is 0 Å². The molecule has 0 atom stereocenters. The van der Waals surface area contributed by atoms with Gasteiger partial charge in [0, 0.05) is 17.3 Å². The summed E-state index contributed by atoms with van der Waals surface area (Å²) in [5.74, 6) is -0.336. The van der Waals surface area contributed by atoms with Gasteiger partial charge in [0.05, 0.1) is 27.0 Å². The van der Waals surface area contributed by atoms with E-state index in [1.807, 2.05) is 13.8 Å². The quantitative estimate of drug-likeness (QED) is 0.604. The fourth-order valence-corrected chi connectivity index (χ4v) is 4.53. The summed E-state index contributed by atoms with van der Waals surface area (Å²) >= 11 is 6.20. The Kier molecular flexibility index (Phi) is 5.40. The van der Waals surface area contributed by atoms with Gasteiger partial charge in [0.2, 0.25) is 10.0 Å². The SMILES string of the molecule is Cc1nn(-c2ccc(C(=O)Nc3cccc(S(=O)(=O)NC4CC4)c3)cc2)c(C)c1Cl. The van der Waals surface area contributed by atoms with Crippen LogP contribution in [0.5, 0.6) is 0 Å². The molecule has 1 aromatic heterocycles. The molecule has 0 radical (unpaired) electrons. The second-order valence-corrected chi connectivity index (χ2v) is 9.41. The van der Waals surface area contributed by atoms with E-state index >= 15 is 0 Å². The fraction of sp³-hybridized carbons (Fsp3) is 0.238. The number of anilines is 1. The van der Waals surface area contributed by atoms with Crippen molar-refractivity contribution >= 4 is 33.2 Å². The highest BCUT2D eigenvalue weighted by atomic mass is 35.5. The number of sulfonamides is 1. The lowest BCUT2D eigenvalue weighted by Crippen LogP contribution is -2.25. The topological polar surface area (TPSA) is 93.1 Å². The fourth-order valence-electron chi connectivity index (χ4n) is 3.06. The van der Waals surface area contributed by atoms with E-state index in [0.717, 1.165) is 29.9 Å². The molecule has 30 heavy (non-hydrogen) atoms. The second kappa shape index (κ2) is 7.86. The number of aromatic nitrogens is 2. The Labute approximate surface area is 180 Å². The van der Waals surface area contributed by atoms with Crippen LogP contribution in [0.15, 0.2) is 53.4 Å². The highest BCUT2D eigenvalue weighted by Crippen LogP contribution is 2.24. The molecular weight excluding hydrogens is 424 g/mol. The number of halogens is 1. The van der Waals surface area contributed by atoms with Crippen LogP contribution in [0, 0.1) is 13.8 Å². The predicted molar refractivity (Wildman–Crippen MR) is 116 cm³/mol. The lowest BCUT2D eigenvalue weighted by Gasteiger charge is -2.10. The largest absolute Gasteiger partial charge is 0.322 e. The van der Waals surface area contributed by atoms with Crippen molar-refractivity contribution in [3.8, 4) is 5.69 Å². The van der Waals surface area contributed by atoms with E-state index in [-0.39, 0.29) is 16.8 Å². The Hall–Kier alpha value is -2.68. The summed E-state index contributed by atoms with van der Waals surface area (Å²) in [6.07, 6.45) is 1.71. The van der Waals surface area contributed by atoms with Gasteiger partial charge in [-0.15, -0.1) is 0 Å². The Bertz CT molecular complexity index is 1220. The first-order chi connectivity index (χ1) is 14.2. The van der Waals surface area contributed by atoms with Crippen LogP contribution in [0.4, 0.5) is 5.69 Å². The molecule has 9 heteroatoms. The van der Waals surface area contributed by atoms with E-state index in [4.69, 9.17) is 11.6 Å². The minimum absolute atomic E-state index is 0.0175. The first-order valence-electron chi connectivity index (χ1n) is 9.50. The van der Waals surface area contributed by atoms with E-state index in [9.17, 15) is 13.2 Å².